The number of nitrogens with zero attached hydrogens (tertiary/aromatic N) is 4. The quantitative estimate of drug-likeness (QED) is 0.708. The van der Waals surface area contributed by atoms with Gasteiger partial charge in [-0.1, -0.05) is 0 Å². The third-order valence-corrected chi connectivity index (χ3v) is 4.45. The number of methoxy groups -OCH3 is 1. The van der Waals surface area contributed by atoms with Crippen molar-refractivity contribution in [3.8, 4) is 5.88 Å². The van der Waals surface area contributed by atoms with Crippen molar-refractivity contribution in [3.63, 3.8) is 0 Å². The monoisotopic (exact) mass is 365 g/mol. The van der Waals surface area contributed by atoms with Crippen LogP contribution in [0, 0.1) is 0 Å². The summed E-state index contributed by atoms with van der Waals surface area (Å²) in [5, 5.41) is 9.92. The van der Waals surface area contributed by atoms with Crippen molar-refractivity contribution in [3.05, 3.63) is 16.8 Å². The largest absolute Gasteiger partial charge is 0.480 e. The van der Waals surface area contributed by atoms with Gasteiger partial charge >= 0.3 is 5.69 Å². The van der Waals surface area contributed by atoms with Gasteiger partial charge < -0.3 is 29.8 Å². The fourth-order valence-corrected chi connectivity index (χ4v) is 3.47. The summed E-state index contributed by atoms with van der Waals surface area (Å²) in [5.41, 5.74) is 5.42. The summed E-state index contributed by atoms with van der Waals surface area (Å²) < 4.78 is 24.0. The van der Waals surface area contributed by atoms with Crippen molar-refractivity contribution < 1.29 is 24.1 Å². The van der Waals surface area contributed by atoms with Crippen molar-refractivity contribution in [2.24, 2.45) is 0 Å². The average molecular weight is 365 g/mol. The minimum absolute atomic E-state index is 0.0455. The van der Waals surface area contributed by atoms with Crippen LogP contribution < -0.4 is 16.2 Å². The highest BCUT2D eigenvalue weighted by molar-refractivity contribution is 5.89. The van der Waals surface area contributed by atoms with Crippen LogP contribution in [0.2, 0.25) is 0 Å². The molecule has 0 radical (unpaired) electrons. The van der Waals surface area contributed by atoms with Crippen LogP contribution in [0.5, 0.6) is 5.88 Å². The molecule has 2 aliphatic heterocycles. The molecule has 11 heteroatoms. The molecule has 2 aromatic heterocycles. The van der Waals surface area contributed by atoms with Crippen molar-refractivity contribution >= 4 is 16.9 Å². The standard InChI is InChI=1S/C15H19N5O6/c1-15(2)25-8-6(4-21)24-13(9(8)26-15)20-11-7(10(16)19-14(20)22)12(23-3)18-5-17-11/h5-6,8-9,13,21H,4H2,1-3H3,(H2,16,19,22)/t6-,8-,9-,13-/m1/s1. The number of aliphatic hydroxyl groups excluding tert-OH is 1. The van der Waals surface area contributed by atoms with E-state index in [1.807, 2.05) is 0 Å². The van der Waals surface area contributed by atoms with Gasteiger partial charge in [-0.25, -0.2) is 19.3 Å². The van der Waals surface area contributed by atoms with Crippen LogP contribution in [0.3, 0.4) is 0 Å². The Balaban J connectivity index is 1.91. The van der Waals surface area contributed by atoms with E-state index >= 15 is 0 Å². The summed E-state index contributed by atoms with van der Waals surface area (Å²) in [6.07, 6.45) is -1.48. The fraction of sp³-hybridized carbons (Fsp3) is 0.600. The maximum Gasteiger partial charge on any atom is 0.353 e. The molecule has 0 aromatic carbocycles. The minimum atomic E-state index is -0.901. The number of nitrogens with two attached hydrogens (primary N) is 1. The van der Waals surface area contributed by atoms with E-state index in [1.165, 1.54) is 18.0 Å². The van der Waals surface area contributed by atoms with E-state index in [9.17, 15) is 9.90 Å². The van der Waals surface area contributed by atoms with E-state index in [2.05, 4.69) is 15.0 Å². The third kappa shape index (κ3) is 2.43. The van der Waals surface area contributed by atoms with E-state index < -0.39 is 36.0 Å². The molecule has 26 heavy (non-hydrogen) atoms. The first-order valence-corrected chi connectivity index (χ1v) is 8.05. The van der Waals surface area contributed by atoms with Crippen molar-refractivity contribution in [2.75, 3.05) is 19.5 Å². The lowest BCUT2D eigenvalue weighted by Gasteiger charge is -2.25. The van der Waals surface area contributed by atoms with Crippen LogP contribution in [0.25, 0.3) is 11.0 Å². The first-order valence-electron chi connectivity index (χ1n) is 8.05. The zero-order valence-electron chi connectivity index (χ0n) is 14.4. The van der Waals surface area contributed by atoms with E-state index in [1.54, 1.807) is 13.8 Å². The first kappa shape index (κ1) is 17.1. The first-order chi connectivity index (χ1) is 12.4. The van der Waals surface area contributed by atoms with Crippen LogP contribution in [0.1, 0.15) is 20.1 Å². The number of fused-ring (bicyclic) bond motifs is 2. The molecule has 4 heterocycles. The molecule has 11 nitrogen and oxygen atoms in total. The number of rotatable bonds is 3. The van der Waals surface area contributed by atoms with Crippen molar-refractivity contribution in [1.29, 1.82) is 0 Å². The Morgan fingerprint density at radius 2 is 2.08 bits per heavy atom. The van der Waals surface area contributed by atoms with Crippen LogP contribution in [0.15, 0.2) is 11.1 Å². The second-order valence-electron chi connectivity index (χ2n) is 6.54. The normalized spacial score (nSPS) is 29.8. The summed E-state index contributed by atoms with van der Waals surface area (Å²) >= 11 is 0. The Hall–Kier alpha value is -2.34. The van der Waals surface area contributed by atoms with Gasteiger partial charge in [-0.2, -0.15) is 4.98 Å². The van der Waals surface area contributed by atoms with Gasteiger partial charge in [0.05, 0.1) is 13.7 Å². The smallest absolute Gasteiger partial charge is 0.353 e. The minimum Gasteiger partial charge on any atom is -0.480 e. The molecule has 0 aliphatic carbocycles. The van der Waals surface area contributed by atoms with E-state index in [0.29, 0.717) is 5.39 Å². The average Bonchev–Trinajstić information content (AvgIpc) is 3.07. The number of nitrogen functional groups attached to an aromatic ring is 1. The number of anilines is 1. The maximum atomic E-state index is 12.6. The topological polar surface area (TPSA) is 144 Å². The molecule has 4 atom stereocenters. The number of ether oxygens (including phenoxy) is 4. The van der Waals surface area contributed by atoms with E-state index in [4.69, 9.17) is 24.7 Å². The fourth-order valence-electron chi connectivity index (χ4n) is 3.47. The Kier molecular flexibility index (Phi) is 3.84. The van der Waals surface area contributed by atoms with E-state index in [-0.39, 0.29) is 24.0 Å². The summed E-state index contributed by atoms with van der Waals surface area (Å²) in [5.74, 6) is -0.736. The molecule has 140 valence electrons. The molecule has 2 saturated heterocycles. The van der Waals surface area contributed by atoms with Gasteiger partial charge in [-0.3, -0.25) is 0 Å². The van der Waals surface area contributed by atoms with Gasteiger partial charge in [0, 0.05) is 0 Å². The molecule has 0 saturated carbocycles. The van der Waals surface area contributed by atoms with Crippen LogP contribution in [-0.2, 0) is 14.2 Å². The van der Waals surface area contributed by atoms with Gasteiger partial charge in [0.1, 0.15) is 35.8 Å². The Labute approximate surface area is 147 Å². The van der Waals surface area contributed by atoms with Crippen molar-refractivity contribution in [1.82, 2.24) is 19.5 Å². The van der Waals surface area contributed by atoms with Gasteiger partial charge in [0.2, 0.25) is 5.88 Å². The molecule has 2 aliphatic rings. The molecule has 0 amide bonds. The van der Waals surface area contributed by atoms with Crippen LogP contribution >= 0.6 is 0 Å². The highest BCUT2D eigenvalue weighted by Crippen LogP contribution is 2.43. The zero-order valence-corrected chi connectivity index (χ0v) is 14.4. The number of hydrogen-bond acceptors (Lipinski definition) is 10. The molecule has 4 rings (SSSR count). The number of hydrogen-bond donors (Lipinski definition) is 2. The Bertz CT molecular complexity index is 915. The number of aliphatic hydroxyl groups is 1. The Morgan fingerprint density at radius 3 is 2.77 bits per heavy atom. The lowest BCUT2D eigenvalue weighted by atomic mass is 10.1. The van der Waals surface area contributed by atoms with Gasteiger partial charge in [-0.05, 0) is 13.8 Å². The third-order valence-electron chi connectivity index (χ3n) is 4.45. The molecule has 2 fully saturated rings. The van der Waals surface area contributed by atoms with Gasteiger partial charge in [0.25, 0.3) is 0 Å². The zero-order chi connectivity index (χ0) is 18.6. The Morgan fingerprint density at radius 1 is 1.35 bits per heavy atom. The summed E-state index contributed by atoms with van der Waals surface area (Å²) in [6, 6.07) is 0. The highest BCUT2D eigenvalue weighted by atomic mass is 16.8. The number of aromatic nitrogens is 4. The molecule has 0 bridgehead atoms. The molecule has 3 N–H and O–H groups in total. The summed E-state index contributed by atoms with van der Waals surface area (Å²) in [6.45, 7) is 3.22. The molecular formula is C15H19N5O6. The maximum absolute atomic E-state index is 12.6. The predicted molar refractivity (Wildman–Crippen MR) is 87.4 cm³/mol. The molecule has 0 unspecified atom stereocenters. The SMILES string of the molecule is COc1ncnc2c1c(N)nc(=O)n2[C@@H]1O[C@H](CO)[C@H]2OC(C)(C)O[C@H]21. The van der Waals surface area contributed by atoms with Crippen molar-refractivity contribution in [2.45, 2.75) is 44.2 Å². The van der Waals surface area contributed by atoms with E-state index in [0.717, 1.165) is 0 Å². The van der Waals surface area contributed by atoms with Gasteiger partial charge in [-0.15, -0.1) is 0 Å². The highest BCUT2D eigenvalue weighted by Gasteiger charge is 2.56. The summed E-state index contributed by atoms with van der Waals surface area (Å²) in [7, 11) is 1.43. The van der Waals surface area contributed by atoms with Crippen LogP contribution in [-0.4, -0.2) is 62.4 Å². The lowest BCUT2D eigenvalue weighted by molar-refractivity contribution is -0.200. The van der Waals surface area contributed by atoms with Gasteiger partial charge in [0.15, 0.2) is 17.7 Å². The molecular weight excluding hydrogens is 346 g/mol. The molecule has 0 spiro atoms. The predicted octanol–water partition coefficient (Wildman–Crippen LogP) is -0.813. The lowest BCUT2D eigenvalue weighted by Crippen LogP contribution is -2.36. The second-order valence-corrected chi connectivity index (χ2v) is 6.54. The second kappa shape index (κ2) is 5.84. The van der Waals surface area contributed by atoms with Crippen LogP contribution in [0.4, 0.5) is 5.82 Å². The molecule has 2 aromatic rings. The summed E-state index contributed by atoms with van der Waals surface area (Å²) in [4.78, 5) is 24.6.